The predicted octanol–water partition coefficient (Wildman–Crippen LogP) is 6.09. The first kappa shape index (κ1) is 24.3. The average molecular weight is 474 g/mol. The molecule has 1 atom stereocenters. The van der Waals surface area contributed by atoms with Crippen LogP contribution < -0.4 is 4.74 Å². The number of carbonyl (C=O) groups is 2. The minimum atomic E-state index is -0.755. The molecule has 182 valence electrons. The van der Waals surface area contributed by atoms with Gasteiger partial charge in [-0.15, -0.1) is 0 Å². The number of unbranched alkanes of at least 4 members (excludes halogenated alkanes) is 2. The second kappa shape index (κ2) is 10.6. The third-order valence-corrected chi connectivity index (χ3v) is 6.31. The Balaban J connectivity index is 1.75. The fourth-order valence-electron chi connectivity index (χ4n) is 4.38. The zero-order chi connectivity index (χ0) is 24.9. The smallest absolute Gasteiger partial charge is 0.296 e. The maximum Gasteiger partial charge on any atom is 0.296 e. The molecule has 0 aliphatic carbocycles. The molecule has 1 aromatic heterocycles. The van der Waals surface area contributed by atoms with Gasteiger partial charge in [0.25, 0.3) is 11.7 Å². The van der Waals surface area contributed by atoms with Crippen molar-refractivity contribution < 1.29 is 23.8 Å². The van der Waals surface area contributed by atoms with Crippen LogP contribution in [0.3, 0.4) is 0 Å². The van der Waals surface area contributed by atoms with Gasteiger partial charge in [0.1, 0.15) is 17.3 Å². The van der Waals surface area contributed by atoms with Crippen LogP contribution in [0.15, 0.2) is 70.9 Å². The largest absolute Gasteiger partial charge is 0.507 e. The molecule has 2 aromatic carbocycles. The van der Waals surface area contributed by atoms with E-state index in [1.54, 1.807) is 12.1 Å². The molecule has 3 aromatic rings. The zero-order valence-corrected chi connectivity index (χ0v) is 20.4. The average Bonchev–Trinajstić information content (AvgIpc) is 3.46. The lowest BCUT2D eigenvalue weighted by Crippen LogP contribution is -2.29. The molecule has 1 amide bonds. The van der Waals surface area contributed by atoms with Crippen molar-refractivity contribution in [2.45, 2.75) is 52.6 Å². The second-order valence-electron chi connectivity index (χ2n) is 8.95. The zero-order valence-electron chi connectivity index (χ0n) is 20.4. The number of rotatable bonds is 9. The van der Waals surface area contributed by atoms with Crippen LogP contribution >= 0.6 is 0 Å². The standard InChI is InChI=1S/C29H31NO5/c1-4-5-6-15-34-22-13-11-21(12-14-22)26-25(27(31)24-17-19(2)9-10-20(24)3)28(32)29(33)30(26)18-23-8-7-16-35-23/h7-14,16-17,26,31H,4-6,15,18H2,1-3H3/b27-25+. The molecule has 0 radical (unpaired) electrons. The number of aliphatic hydroxyl groups excluding tert-OH is 1. The van der Waals surface area contributed by atoms with E-state index in [2.05, 4.69) is 6.92 Å². The van der Waals surface area contributed by atoms with E-state index in [0.717, 1.165) is 36.1 Å². The van der Waals surface area contributed by atoms with Gasteiger partial charge < -0.3 is 19.2 Å². The van der Waals surface area contributed by atoms with Gasteiger partial charge in [0.2, 0.25) is 0 Å². The first-order valence-electron chi connectivity index (χ1n) is 12.0. The van der Waals surface area contributed by atoms with Crippen LogP contribution in [0.4, 0.5) is 0 Å². The van der Waals surface area contributed by atoms with Crippen molar-refractivity contribution in [3.8, 4) is 5.75 Å². The lowest BCUT2D eigenvalue weighted by Gasteiger charge is -2.25. The van der Waals surface area contributed by atoms with Gasteiger partial charge in [0.05, 0.1) is 31.0 Å². The van der Waals surface area contributed by atoms with Crippen molar-refractivity contribution in [1.82, 2.24) is 4.90 Å². The summed E-state index contributed by atoms with van der Waals surface area (Å²) in [6, 6.07) is 15.8. The lowest BCUT2D eigenvalue weighted by molar-refractivity contribution is -0.140. The van der Waals surface area contributed by atoms with Gasteiger partial charge in [-0.3, -0.25) is 9.59 Å². The van der Waals surface area contributed by atoms with Crippen molar-refractivity contribution in [2.75, 3.05) is 6.61 Å². The Morgan fingerprint density at radius 2 is 1.83 bits per heavy atom. The molecule has 0 spiro atoms. The van der Waals surface area contributed by atoms with Crippen LogP contribution in [0, 0.1) is 13.8 Å². The molecule has 1 N–H and O–H groups in total. The van der Waals surface area contributed by atoms with E-state index >= 15 is 0 Å². The van der Waals surface area contributed by atoms with Gasteiger partial charge in [-0.2, -0.15) is 0 Å². The monoisotopic (exact) mass is 473 g/mol. The van der Waals surface area contributed by atoms with E-state index < -0.39 is 17.7 Å². The van der Waals surface area contributed by atoms with Gasteiger partial charge in [0.15, 0.2) is 0 Å². The third-order valence-electron chi connectivity index (χ3n) is 6.31. The highest BCUT2D eigenvalue weighted by atomic mass is 16.5. The van der Waals surface area contributed by atoms with E-state index in [1.807, 2.05) is 56.3 Å². The first-order chi connectivity index (χ1) is 16.9. The van der Waals surface area contributed by atoms with E-state index in [1.165, 1.54) is 11.2 Å². The molecule has 1 aliphatic rings. The number of ketones is 1. The summed E-state index contributed by atoms with van der Waals surface area (Å²) in [5.74, 6) is -0.267. The Labute approximate surface area is 205 Å². The minimum Gasteiger partial charge on any atom is -0.507 e. The summed E-state index contributed by atoms with van der Waals surface area (Å²) in [5, 5.41) is 11.3. The number of carbonyl (C=O) groups excluding carboxylic acids is 2. The highest BCUT2D eigenvalue weighted by molar-refractivity contribution is 6.46. The third kappa shape index (κ3) is 5.16. The number of amides is 1. The van der Waals surface area contributed by atoms with Crippen molar-refractivity contribution >= 4 is 17.4 Å². The molecule has 1 unspecified atom stereocenters. The Morgan fingerprint density at radius 3 is 2.51 bits per heavy atom. The summed E-state index contributed by atoms with van der Waals surface area (Å²) in [6.07, 6.45) is 4.74. The SMILES string of the molecule is CCCCCOc1ccc(C2/C(=C(\O)c3cc(C)ccc3C)C(=O)C(=O)N2Cc2ccco2)cc1. The number of hydrogen-bond acceptors (Lipinski definition) is 5. The van der Waals surface area contributed by atoms with E-state index in [9.17, 15) is 14.7 Å². The van der Waals surface area contributed by atoms with Crippen LogP contribution in [-0.4, -0.2) is 28.3 Å². The number of ether oxygens (including phenoxy) is 1. The van der Waals surface area contributed by atoms with Crippen LogP contribution in [0.5, 0.6) is 5.75 Å². The van der Waals surface area contributed by atoms with Crippen LogP contribution in [0.25, 0.3) is 5.76 Å². The number of benzene rings is 2. The molecule has 0 bridgehead atoms. The molecule has 1 aliphatic heterocycles. The van der Waals surface area contributed by atoms with Crippen LogP contribution in [-0.2, 0) is 16.1 Å². The number of likely N-dealkylation sites (tertiary alicyclic amines) is 1. The maximum atomic E-state index is 13.2. The quantitative estimate of drug-likeness (QED) is 0.176. The summed E-state index contributed by atoms with van der Waals surface area (Å²) < 4.78 is 11.3. The molecule has 1 saturated heterocycles. The number of hydrogen-bond donors (Lipinski definition) is 1. The molecule has 2 heterocycles. The number of aliphatic hydroxyl groups is 1. The normalized spacial score (nSPS) is 17.2. The van der Waals surface area contributed by atoms with Crippen LogP contribution in [0.1, 0.15) is 60.2 Å². The first-order valence-corrected chi connectivity index (χ1v) is 12.0. The Kier molecular flexibility index (Phi) is 7.39. The van der Waals surface area contributed by atoms with Crippen molar-refractivity contribution in [1.29, 1.82) is 0 Å². The van der Waals surface area contributed by atoms with Gasteiger partial charge in [0, 0.05) is 5.56 Å². The summed E-state index contributed by atoms with van der Waals surface area (Å²) in [7, 11) is 0. The van der Waals surface area contributed by atoms with Crippen molar-refractivity contribution in [2.24, 2.45) is 0 Å². The fraction of sp³-hybridized carbons (Fsp3) is 0.310. The Bertz CT molecular complexity index is 1220. The predicted molar refractivity (Wildman–Crippen MR) is 134 cm³/mol. The lowest BCUT2D eigenvalue weighted by atomic mass is 9.93. The second-order valence-corrected chi connectivity index (χ2v) is 8.95. The van der Waals surface area contributed by atoms with E-state index in [0.29, 0.717) is 23.5 Å². The Morgan fingerprint density at radius 1 is 1.06 bits per heavy atom. The summed E-state index contributed by atoms with van der Waals surface area (Å²) in [5.41, 5.74) is 3.10. The molecule has 4 rings (SSSR count). The summed E-state index contributed by atoms with van der Waals surface area (Å²) in [6.45, 7) is 6.68. The van der Waals surface area contributed by atoms with Crippen LogP contribution in [0.2, 0.25) is 0 Å². The highest BCUT2D eigenvalue weighted by Gasteiger charge is 2.46. The van der Waals surface area contributed by atoms with Gasteiger partial charge >= 0.3 is 0 Å². The molecular weight excluding hydrogens is 442 g/mol. The highest BCUT2D eigenvalue weighted by Crippen LogP contribution is 2.41. The number of furan rings is 1. The molecule has 6 nitrogen and oxygen atoms in total. The molecule has 6 heteroatoms. The van der Waals surface area contributed by atoms with Crippen molar-refractivity contribution in [3.05, 3.63) is 94.4 Å². The van der Waals surface area contributed by atoms with Gasteiger partial charge in [-0.25, -0.2) is 0 Å². The van der Waals surface area contributed by atoms with Gasteiger partial charge in [-0.1, -0.05) is 49.6 Å². The number of aryl methyl sites for hydroxylation is 2. The van der Waals surface area contributed by atoms with Gasteiger partial charge in [-0.05, 0) is 61.7 Å². The molecule has 0 saturated carbocycles. The Hall–Kier alpha value is -3.80. The molecular formula is C29H31NO5. The van der Waals surface area contributed by atoms with E-state index in [-0.39, 0.29) is 17.9 Å². The topological polar surface area (TPSA) is 80.0 Å². The summed E-state index contributed by atoms with van der Waals surface area (Å²) >= 11 is 0. The van der Waals surface area contributed by atoms with E-state index in [4.69, 9.17) is 9.15 Å². The minimum absolute atomic E-state index is 0.0758. The molecule has 1 fully saturated rings. The number of Topliss-reactive ketones (excluding diaryl/α,β-unsaturated/α-hetero) is 1. The number of nitrogens with zero attached hydrogens (tertiary/aromatic N) is 1. The molecule has 35 heavy (non-hydrogen) atoms. The van der Waals surface area contributed by atoms with Crippen molar-refractivity contribution in [3.63, 3.8) is 0 Å². The fourth-order valence-corrected chi connectivity index (χ4v) is 4.38. The summed E-state index contributed by atoms with van der Waals surface area (Å²) in [4.78, 5) is 27.8. The maximum absolute atomic E-state index is 13.2.